The Morgan fingerprint density at radius 1 is 1.44 bits per heavy atom. The molecule has 1 fully saturated rings. The molecule has 1 N–H and O–H groups in total. The van der Waals surface area contributed by atoms with Crippen molar-refractivity contribution >= 4 is 5.97 Å². The molecule has 5 heteroatoms. The monoisotopic (exact) mass is 254 g/mol. The van der Waals surface area contributed by atoms with Gasteiger partial charge < -0.3 is 9.84 Å². The highest BCUT2D eigenvalue weighted by molar-refractivity contribution is 5.69. The topological polar surface area (TPSA) is 46.5 Å². The van der Waals surface area contributed by atoms with E-state index in [0.717, 1.165) is 18.9 Å². The highest BCUT2D eigenvalue weighted by Gasteiger charge is 2.54. The molecule has 1 aliphatic carbocycles. The molecule has 18 heavy (non-hydrogen) atoms. The predicted molar refractivity (Wildman–Crippen MR) is 58.5 cm³/mol. The van der Waals surface area contributed by atoms with Crippen LogP contribution in [-0.4, -0.2) is 17.7 Å². The molecule has 1 unspecified atom stereocenters. The van der Waals surface area contributed by atoms with Crippen molar-refractivity contribution in [3.8, 4) is 5.75 Å². The van der Waals surface area contributed by atoms with Crippen LogP contribution in [0.1, 0.15) is 30.7 Å². The third kappa shape index (κ3) is 1.65. The first-order chi connectivity index (χ1) is 8.52. The molecule has 3 nitrogen and oxygen atoms in total. The number of hydrogen-bond donors (Lipinski definition) is 1. The number of carbonyl (C=O) groups is 1. The molecular weight excluding hydrogens is 242 g/mol. The van der Waals surface area contributed by atoms with Crippen molar-refractivity contribution in [3.05, 3.63) is 29.3 Å². The lowest BCUT2D eigenvalue weighted by Crippen LogP contribution is -2.30. The summed E-state index contributed by atoms with van der Waals surface area (Å²) >= 11 is 0. The molecule has 2 aliphatic rings. The Bertz CT molecular complexity index is 523. The number of hydrogen-bond acceptors (Lipinski definition) is 2. The molecule has 1 aliphatic heterocycles. The molecule has 0 aromatic heterocycles. The molecule has 96 valence electrons. The van der Waals surface area contributed by atoms with Crippen LogP contribution in [0.3, 0.4) is 0 Å². The van der Waals surface area contributed by atoms with Gasteiger partial charge in [-0.1, -0.05) is 0 Å². The van der Waals surface area contributed by atoms with E-state index in [4.69, 9.17) is 9.84 Å². The van der Waals surface area contributed by atoms with Crippen LogP contribution in [0.15, 0.2) is 12.1 Å². The number of benzene rings is 1. The van der Waals surface area contributed by atoms with Crippen LogP contribution in [0.2, 0.25) is 0 Å². The lowest BCUT2D eigenvalue weighted by molar-refractivity contribution is -0.138. The van der Waals surface area contributed by atoms with Gasteiger partial charge in [0.05, 0.1) is 13.0 Å². The second-order valence-electron chi connectivity index (χ2n) is 5.11. The quantitative estimate of drug-likeness (QED) is 0.882. The molecule has 1 atom stereocenters. The largest absolute Gasteiger partial charge is 0.490 e. The van der Waals surface area contributed by atoms with E-state index < -0.39 is 17.6 Å². The van der Waals surface area contributed by atoms with Gasteiger partial charge in [0.15, 0.2) is 11.6 Å². The van der Waals surface area contributed by atoms with Crippen molar-refractivity contribution in [2.45, 2.75) is 25.2 Å². The van der Waals surface area contributed by atoms with Gasteiger partial charge in [-0.3, -0.25) is 4.79 Å². The molecule has 3 rings (SSSR count). The Morgan fingerprint density at radius 3 is 2.78 bits per heavy atom. The minimum atomic E-state index is -0.955. The zero-order valence-corrected chi connectivity index (χ0v) is 9.58. The van der Waals surface area contributed by atoms with E-state index >= 15 is 0 Å². The second kappa shape index (κ2) is 3.67. The summed E-state index contributed by atoms with van der Waals surface area (Å²) in [5.41, 5.74) is 0.129. The highest BCUT2D eigenvalue weighted by Crippen LogP contribution is 2.61. The molecule has 0 saturated heterocycles. The number of rotatable bonds is 2. The van der Waals surface area contributed by atoms with Gasteiger partial charge in [-0.15, -0.1) is 0 Å². The first-order valence-electron chi connectivity index (χ1n) is 5.85. The van der Waals surface area contributed by atoms with Gasteiger partial charge in [-0.25, -0.2) is 8.78 Å². The molecule has 1 heterocycles. The van der Waals surface area contributed by atoms with Crippen LogP contribution in [0.4, 0.5) is 8.78 Å². The van der Waals surface area contributed by atoms with E-state index in [-0.39, 0.29) is 23.5 Å². The van der Waals surface area contributed by atoms with Crippen LogP contribution >= 0.6 is 0 Å². The molecule has 1 spiro atoms. The summed E-state index contributed by atoms with van der Waals surface area (Å²) in [5, 5.41) is 8.96. The Balaban J connectivity index is 2.09. The van der Waals surface area contributed by atoms with Crippen molar-refractivity contribution in [3.63, 3.8) is 0 Å². The standard InChI is InChI=1S/C13H12F2O3/c14-7-3-8-9(5-11(16)17)13(1-2-13)6-18-12(8)10(15)4-7/h3-4,9H,1-2,5-6H2,(H,16,17). The molecule has 1 aromatic rings. The van der Waals surface area contributed by atoms with E-state index in [9.17, 15) is 13.6 Å². The van der Waals surface area contributed by atoms with Gasteiger partial charge in [-0.05, 0) is 18.9 Å². The lowest BCUT2D eigenvalue weighted by Gasteiger charge is -2.33. The van der Waals surface area contributed by atoms with Crippen molar-refractivity contribution in [2.75, 3.05) is 6.61 Å². The summed E-state index contributed by atoms with van der Waals surface area (Å²) in [6.07, 6.45) is 1.59. The number of carboxylic acids is 1. The van der Waals surface area contributed by atoms with Crippen molar-refractivity contribution in [2.24, 2.45) is 5.41 Å². The first-order valence-corrected chi connectivity index (χ1v) is 5.85. The number of ether oxygens (including phenoxy) is 1. The summed E-state index contributed by atoms with van der Waals surface area (Å²) in [6, 6.07) is 1.97. The Hall–Kier alpha value is -1.65. The molecule has 0 radical (unpaired) electrons. The fourth-order valence-corrected chi connectivity index (χ4v) is 2.79. The summed E-state index contributed by atoms with van der Waals surface area (Å²) < 4.78 is 32.3. The van der Waals surface area contributed by atoms with Crippen LogP contribution < -0.4 is 4.74 Å². The Kier molecular flexibility index (Phi) is 2.33. The Labute approximate surface area is 102 Å². The van der Waals surface area contributed by atoms with E-state index in [1.165, 1.54) is 6.07 Å². The average Bonchev–Trinajstić information content (AvgIpc) is 3.03. The molecule has 0 bridgehead atoms. The van der Waals surface area contributed by atoms with Crippen molar-refractivity contribution in [1.82, 2.24) is 0 Å². The third-order valence-electron chi connectivity index (χ3n) is 3.93. The van der Waals surface area contributed by atoms with Crippen molar-refractivity contribution in [1.29, 1.82) is 0 Å². The van der Waals surface area contributed by atoms with Gasteiger partial charge >= 0.3 is 5.97 Å². The maximum Gasteiger partial charge on any atom is 0.303 e. The predicted octanol–water partition coefficient (Wildman–Crippen LogP) is 2.70. The third-order valence-corrected chi connectivity index (χ3v) is 3.93. The fourth-order valence-electron chi connectivity index (χ4n) is 2.79. The van der Waals surface area contributed by atoms with Gasteiger partial charge in [0.25, 0.3) is 0 Å². The normalized spacial score (nSPS) is 23.3. The molecule has 1 aromatic carbocycles. The SMILES string of the molecule is O=C(O)CC1c2cc(F)cc(F)c2OCC12CC2. The lowest BCUT2D eigenvalue weighted by atomic mass is 9.79. The van der Waals surface area contributed by atoms with Gasteiger partial charge in [0.1, 0.15) is 5.82 Å². The highest BCUT2D eigenvalue weighted by atomic mass is 19.1. The molecule has 1 saturated carbocycles. The summed E-state index contributed by atoms with van der Waals surface area (Å²) in [6.45, 7) is 0.320. The average molecular weight is 254 g/mol. The van der Waals surface area contributed by atoms with Crippen LogP contribution in [0, 0.1) is 17.0 Å². The Morgan fingerprint density at radius 2 is 2.17 bits per heavy atom. The maximum atomic E-state index is 13.6. The number of carboxylic acid groups (broad SMARTS) is 1. The molecule has 0 amide bonds. The van der Waals surface area contributed by atoms with Gasteiger partial charge in [-0.2, -0.15) is 0 Å². The summed E-state index contributed by atoms with van der Waals surface area (Å²) in [7, 11) is 0. The van der Waals surface area contributed by atoms with Crippen molar-refractivity contribution < 1.29 is 23.4 Å². The zero-order valence-electron chi connectivity index (χ0n) is 9.58. The van der Waals surface area contributed by atoms with E-state index in [1.54, 1.807) is 0 Å². The molecular formula is C13H12F2O3. The minimum Gasteiger partial charge on any atom is -0.490 e. The van der Waals surface area contributed by atoms with Gasteiger partial charge in [0, 0.05) is 23.0 Å². The van der Waals surface area contributed by atoms with Crippen LogP contribution in [0.25, 0.3) is 0 Å². The summed E-state index contributed by atoms with van der Waals surface area (Å²) in [4.78, 5) is 10.9. The first kappa shape index (κ1) is 11.4. The minimum absolute atomic E-state index is 0.0141. The fraction of sp³-hybridized carbons (Fsp3) is 0.462. The number of fused-ring (bicyclic) bond motifs is 1. The van der Waals surface area contributed by atoms with E-state index in [1.807, 2.05) is 0 Å². The van der Waals surface area contributed by atoms with E-state index in [0.29, 0.717) is 12.2 Å². The summed E-state index contributed by atoms with van der Waals surface area (Å²) in [5.74, 6) is -2.74. The second-order valence-corrected chi connectivity index (χ2v) is 5.11. The van der Waals surface area contributed by atoms with Crippen LogP contribution in [0.5, 0.6) is 5.75 Å². The number of halogens is 2. The van der Waals surface area contributed by atoms with Gasteiger partial charge in [0.2, 0.25) is 0 Å². The number of aliphatic carboxylic acids is 1. The van der Waals surface area contributed by atoms with Crippen LogP contribution in [-0.2, 0) is 4.79 Å². The zero-order chi connectivity index (χ0) is 12.9. The maximum absolute atomic E-state index is 13.6. The smallest absolute Gasteiger partial charge is 0.303 e. The van der Waals surface area contributed by atoms with E-state index in [2.05, 4.69) is 0 Å².